The molecule has 5 heteroatoms. The number of hydrogen-bond acceptors (Lipinski definition) is 2. The zero-order valence-corrected chi connectivity index (χ0v) is 11.1. The van der Waals surface area contributed by atoms with E-state index in [2.05, 4.69) is 5.32 Å². The minimum atomic E-state index is -4.38. The van der Waals surface area contributed by atoms with E-state index < -0.39 is 11.7 Å². The fourth-order valence-corrected chi connectivity index (χ4v) is 2.88. The Balaban J connectivity index is 2.11. The van der Waals surface area contributed by atoms with Crippen LogP contribution in [-0.2, 0) is 6.18 Å². The number of anilines is 1. The first kappa shape index (κ1) is 13.8. The van der Waals surface area contributed by atoms with E-state index in [-0.39, 0.29) is 17.4 Å². The van der Waals surface area contributed by atoms with Gasteiger partial charge in [0.15, 0.2) is 0 Å². The standard InChI is InChI=1S/C16H14F3NO/c17-16(18,19)14-6-2-5-13-12(7-8-20-15(13)14)10-3-1-4-11(21)9-10/h1-6,9,12,20-21H,7-8H2. The second-order valence-electron chi connectivity index (χ2n) is 5.13. The Morgan fingerprint density at radius 2 is 1.86 bits per heavy atom. The molecule has 0 amide bonds. The summed E-state index contributed by atoms with van der Waals surface area (Å²) >= 11 is 0. The topological polar surface area (TPSA) is 32.3 Å². The van der Waals surface area contributed by atoms with Gasteiger partial charge in [-0.15, -0.1) is 0 Å². The normalized spacial score (nSPS) is 18.0. The summed E-state index contributed by atoms with van der Waals surface area (Å²) in [5.41, 5.74) is 0.980. The number of nitrogens with one attached hydrogen (secondary N) is 1. The summed E-state index contributed by atoms with van der Waals surface area (Å²) in [6.45, 7) is 0.473. The summed E-state index contributed by atoms with van der Waals surface area (Å²) in [5.74, 6) is -0.0183. The Kier molecular flexibility index (Phi) is 3.27. The number of alkyl halides is 3. The van der Waals surface area contributed by atoms with Crippen LogP contribution < -0.4 is 5.32 Å². The summed E-state index contributed by atoms with van der Waals surface area (Å²) in [6.07, 6.45) is -3.68. The number of aromatic hydroxyl groups is 1. The molecule has 2 aromatic rings. The summed E-state index contributed by atoms with van der Waals surface area (Å²) in [7, 11) is 0. The van der Waals surface area contributed by atoms with Gasteiger partial charge in [0.05, 0.1) is 11.3 Å². The quantitative estimate of drug-likeness (QED) is 0.819. The summed E-state index contributed by atoms with van der Waals surface area (Å²) in [4.78, 5) is 0. The summed E-state index contributed by atoms with van der Waals surface area (Å²) < 4.78 is 39.3. The number of hydrogen-bond donors (Lipinski definition) is 2. The van der Waals surface area contributed by atoms with Gasteiger partial charge in [0.25, 0.3) is 0 Å². The van der Waals surface area contributed by atoms with Gasteiger partial charge in [-0.1, -0.05) is 24.3 Å². The van der Waals surface area contributed by atoms with Crippen molar-refractivity contribution in [3.8, 4) is 5.75 Å². The molecule has 1 aliphatic rings. The lowest BCUT2D eigenvalue weighted by Crippen LogP contribution is -2.21. The average Bonchev–Trinajstić information content (AvgIpc) is 2.45. The molecule has 1 heterocycles. The van der Waals surface area contributed by atoms with Crippen molar-refractivity contribution in [2.24, 2.45) is 0 Å². The van der Waals surface area contributed by atoms with E-state index >= 15 is 0 Å². The minimum Gasteiger partial charge on any atom is -0.508 e. The van der Waals surface area contributed by atoms with Gasteiger partial charge in [-0.25, -0.2) is 0 Å². The number of halogens is 3. The molecule has 0 aromatic heterocycles. The van der Waals surface area contributed by atoms with Crippen LogP contribution in [0.2, 0.25) is 0 Å². The third kappa shape index (κ3) is 2.55. The Labute approximate surface area is 120 Å². The smallest absolute Gasteiger partial charge is 0.418 e. The third-order valence-corrected chi connectivity index (χ3v) is 3.78. The molecule has 21 heavy (non-hydrogen) atoms. The van der Waals surface area contributed by atoms with Crippen molar-refractivity contribution >= 4 is 5.69 Å². The fraction of sp³-hybridized carbons (Fsp3) is 0.250. The second kappa shape index (κ2) is 4.98. The predicted octanol–water partition coefficient (Wildman–Crippen LogP) is 4.36. The van der Waals surface area contributed by atoms with Crippen molar-refractivity contribution in [3.05, 3.63) is 59.2 Å². The van der Waals surface area contributed by atoms with Crippen LogP contribution in [-0.4, -0.2) is 11.7 Å². The largest absolute Gasteiger partial charge is 0.508 e. The highest BCUT2D eigenvalue weighted by Crippen LogP contribution is 2.43. The van der Waals surface area contributed by atoms with Gasteiger partial charge in [0.1, 0.15) is 5.75 Å². The number of phenolic OH excluding ortho intramolecular Hbond substituents is 1. The molecule has 0 radical (unpaired) electrons. The Morgan fingerprint density at radius 1 is 1.10 bits per heavy atom. The molecule has 0 aliphatic carbocycles. The van der Waals surface area contributed by atoms with Crippen LogP contribution in [0.25, 0.3) is 0 Å². The Bertz CT molecular complexity index is 667. The second-order valence-corrected chi connectivity index (χ2v) is 5.13. The molecular formula is C16H14F3NO. The van der Waals surface area contributed by atoms with Crippen LogP contribution >= 0.6 is 0 Å². The molecule has 0 fully saturated rings. The number of phenols is 1. The highest BCUT2D eigenvalue weighted by Gasteiger charge is 2.36. The number of benzene rings is 2. The molecule has 110 valence electrons. The summed E-state index contributed by atoms with van der Waals surface area (Å²) in [6, 6.07) is 10.9. The van der Waals surface area contributed by atoms with Crippen molar-refractivity contribution in [2.75, 3.05) is 11.9 Å². The predicted molar refractivity (Wildman–Crippen MR) is 74.5 cm³/mol. The summed E-state index contributed by atoms with van der Waals surface area (Å²) in [5, 5.41) is 12.4. The number of fused-ring (bicyclic) bond motifs is 1. The molecule has 0 saturated heterocycles. The van der Waals surface area contributed by atoms with Crippen molar-refractivity contribution < 1.29 is 18.3 Å². The number of para-hydroxylation sites is 1. The SMILES string of the molecule is Oc1cccc(C2CCNc3c2cccc3C(F)(F)F)c1. The lowest BCUT2D eigenvalue weighted by molar-refractivity contribution is -0.137. The van der Waals surface area contributed by atoms with E-state index in [1.54, 1.807) is 24.3 Å². The van der Waals surface area contributed by atoms with Crippen LogP contribution in [0.5, 0.6) is 5.75 Å². The van der Waals surface area contributed by atoms with E-state index in [9.17, 15) is 18.3 Å². The van der Waals surface area contributed by atoms with Crippen molar-refractivity contribution in [3.63, 3.8) is 0 Å². The molecule has 0 saturated carbocycles. The highest BCUT2D eigenvalue weighted by molar-refractivity contribution is 5.63. The maximum atomic E-state index is 13.1. The zero-order chi connectivity index (χ0) is 15.0. The van der Waals surface area contributed by atoms with E-state index in [0.717, 1.165) is 11.6 Å². The van der Waals surface area contributed by atoms with E-state index in [4.69, 9.17) is 0 Å². The van der Waals surface area contributed by atoms with Gasteiger partial charge in [-0.3, -0.25) is 0 Å². The molecular weight excluding hydrogens is 279 g/mol. The van der Waals surface area contributed by atoms with Gasteiger partial charge in [-0.05, 0) is 35.7 Å². The molecule has 1 atom stereocenters. The van der Waals surface area contributed by atoms with Crippen molar-refractivity contribution in [1.82, 2.24) is 0 Å². The van der Waals surface area contributed by atoms with Crippen molar-refractivity contribution in [1.29, 1.82) is 0 Å². The molecule has 2 N–H and O–H groups in total. The molecule has 2 aromatic carbocycles. The minimum absolute atomic E-state index is 0.125. The van der Waals surface area contributed by atoms with Crippen LogP contribution in [0, 0.1) is 0 Å². The van der Waals surface area contributed by atoms with E-state index in [1.807, 2.05) is 6.07 Å². The van der Waals surface area contributed by atoms with Crippen LogP contribution in [0.15, 0.2) is 42.5 Å². The Hall–Kier alpha value is -2.17. The third-order valence-electron chi connectivity index (χ3n) is 3.78. The maximum Gasteiger partial charge on any atom is 0.418 e. The average molecular weight is 293 g/mol. The monoisotopic (exact) mass is 293 g/mol. The molecule has 0 spiro atoms. The van der Waals surface area contributed by atoms with Gasteiger partial charge < -0.3 is 10.4 Å². The molecule has 2 nitrogen and oxygen atoms in total. The van der Waals surface area contributed by atoms with Crippen LogP contribution in [0.4, 0.5) is 18.9 Å². The van der Waals surface area contributed by atoms with E-state index in [0.29, 0.717) is 18.5 Å². The first-order valence-electron chi connectivity index (χ1n) is 6.70. The van der Waals surface area contributed by atoms with E-state index in [1.165, 1.54) is 6.07 Å². The highest BCUT2D eigenvalue weighted by atomic mass is 19.4. The number of rotatable bonds is 1. The van der Waals surface area contributed by atoms with Crippen molar-refractivity contribution in [2.45, 2.75) is 18.5 Å². The van der Waals surface area contributed by atoms with Gasteiger partial charge in [-0.2, -0.15) is 13.2 Å². The molecule has 1 unspecified atom stereocenters. The molecule has 0 bridgehead atoms. The van der Waals surface area contributed by atoms with Gasteiger partial charge in [0, 0.05) is 12.5 Å². The lowest BCUT2D eigenvalue weighted by atomic mass is 9.84. The molecule has 3 rings (SSSR count). The first-order valence-corrected chi connectivity index (χ1v) is 6.70. The van der Waals surface area contributed by atoms with Crippen LogP contribution in [0.3, 0.4) is 0 Å². The maximum absolute atomic E-state index is 13.1. The van der Waals surface area contributed by atoms with Gasteiger partial charge in [0.2, 0.25) is 0 Å². The van der Waals surface area contributed by atoms with Gasteiger partial charge >= 0.3 is 6.18 Å². The fourth-order valence-electron chi connectivity index (χ4n) is 2.88. The molecule has 1 aliphatic heterocycles. The lowest BCUT2D eigenvalue weighted by Gasteiger charge is -2.29. The first-order chi connectivity index (χ1) is 9.97. The Morgan fingerprint density at radius 3 is 2.57 bits per heavy atom. The van der Waals surface area contributed by atoms with Crippen LogP contribution in [0.1, 0.15) is 29.0 Å². The zero-order valence-electron chi connectivity index (χ0n) is 11.1.